The monoisotopic (exact) mass is 301 g/mol. The Morgan fingerprint density at radius 2 is 1.95 bits per heavy atom. The van der Waals surface area contributed by atoms with Gasteiger partial charge < -0.3 is 10.6 Å². The van der Waals surface area contributed by atoms with Crippen molar-refractivity contribution in [3.63, 3.8) is 0 Å². The van der Waals surface area contributed by atoms with Crippen LogP contribution < -0.4 is 10.6 Å². The van der Waals surface area contributed by atoms with Crippen molar-refractivity contribution in [3.8, 4) is 0 Å². The lowest BCUT2D eigenvalue weighted by atomic mass is 9.84. The predicted molar refractivity (Wildman–Crippen MR) is 92.6 cm³/mol. The Hall–Kier alpha value is -1.84. The number of benzene rings is 1. The van der Waals surface area contributed by atoms with Crippen LogP contribution in [0.5, 0.6) is 0 Å². The summed E-state index contributed by atoms with van der Waals surface area (Å²) in [6.45, 7) is 6.32. The fourth-order valence-electron chi connectivity index (χ4n) is 3.25. The number of azo groups is 2. The van der Waals surface area contributed by atoms with Crippen molar-refractivity contribution < 1.29 is 4.70 Å². The van der Waals surface area contributed by atoms with Gasteiger partial charge in [0, 0.05) is 24.3 Å². The average molecular weight is 301 g/mol. The molecule has 1 aliphatic rings. The van der Waals surface area contributed by atoms with Gasteiger partial charge in [-0.15, -0.1) is 0 Å². The number of anilines is 1. The summed E-state index contributed by atoms with van der Waals surface area (Å²) in [6.07, 6.45) is 6.74. The summed E-state index contributed by atoms with van der Waals surface area (Å²) in [5, 5.41) is 11.2. The lowest BCUT2D eigenvalue weighted by molar-refractivity contribution is -0.478. The van der Waals surface area contributed by atoms with Gasteiger partial charge in [0.2, 0.25) is 0 Å². The summed E-state index contributed by atoms with van der Waals surface area (Å²) in [7, 11) is 3.87. The van der Waals surface area contributed by atoms with Crippen LogP contribution in [0.3, 0.4) is 0 Å². The predicted octanol–water partition coefficient (Wildman–Crippen LogP) is 4.48. The fourth-order valence-corrected chi connectivity index (χ4v) is 3.25. The molecule has 0 unspecified atom stereocenters. The molecule has 0 aliphatic heterocycles. The van der Waals surface area contributed by atoms with E-state index in [2.05, 4.69) is 29.3 Å². The van der Waals surface area contributed by atoms with Crippen molar-refractivity contribution in [2.75, 3.05) is 19.4 Å². The zero-order valence-electron chi connectivity index (χ0n) is 14.1. The second-order valence-electron chi connectivity index (χ2n) is 6.17. The van der Waals surface area contributed by atoms with E-state index in [1.54, 1.807) is 0 Å². The number of rotatable bonds is 6. The van der Waals surface area contributed by atoms with Crippen LogP contribution in [0, 0.1) is 5.92 Å². The maximum Gasteiger partial charge on any atom is 0.254 e. The van der Waals surface area contributed by atoms with Gasteiger partial charge in [-0.3, -0.25) is 0 Å². The molecule has 1 aliphatic carbocycles. The van der Waals surface area contributed by atoms with Gasteiger partial charge in [0.25, 0.3) is 5.69 Å². The highest BCUT2D eigenvalue weighted by Gasteiger charge is 2.21. The van der Waals surface area contributed by atoms with Crippen molar-refractivity contribution >= 4 is 11.4 Å². The molecule has 0 heterocycles. The SMILES string of the molecule is C=C(N=[N+](C)c1ccccc1NC)N[C@H](C)C1CCCCC1. The van der Waals surface area contributed by atoms with Crippen molar-refractivity contribution in [3.05, 3.63) is 36.7 Å². The minimum Gasteiger partial charge on any atom is -0.383 e. The van der Waals surface area contributed by atoms with Crippen LogP contribution in [-0.2, 0) is 0 Å². The maximum absolute atomic E-state index is 4.58. The minimum absolute atomic E-state index is 0.435. The number of hydrogen-bond acceptors (Lipinski definition) is 3. The van der Waals surface area contributed by atoms with E-state index in [4.69, 9.17) is 0 Å². The summed E-state index contributed by atoms with van der Waals surface area (Å²) in [5.41, 5.74) is 2.10. The first kappa shape index (κ1) is 16.5. The highest BCUT2D eigenvalue weighted by molar-refractivity contribution is 5.60. The Kier molecular flexibility index (Phi) is 5.99. The van der Waals surface area contributed by atoms with Crippen LogP contribution in [0.15, 0.2) is 41.8 Å². The number of nitrogens with one attached hydrogen (secondary N) is 2. The third kappa shape index (κ3) is 4.33. The molecule has 4 nitrogen and oxygen atoms in total. The molecule has 0 amide bonds. The first-order valence-corrected chi connectivity index (χ1v) is 8.29. The van der Waals surface area contributed by atoms with E-state index in [-0.39, 0.29) is 0 Å². The molecule has 120 valence electrons. The molecular weight excluding hydrogens is 272 g/mol. The Morgan fingerprint density at radius 3 is 2.64 bits per heavy atom. The molecule has 22 heavy (non-hydrogen) atoms. The summed E-state index contributed by atoms with van der Waals surface area (Å²) in [4.78, 5) is 0. The van der Waals surface area contributed by atoms with E-state index in [9.17, 15) is 0 Å². The van der Waals surface area contributed by atoms with Gasteiger partial charge in [0.05, 0.1) is 0 Å². The molecular formula is C18H29N4+. The lowest BCUT2D eigenvalue weighted by Gasteiger charge is -2.28. The molecule has 1 fully saturated rings. The highest BCUT2D eigenvalue weighted by atomic mass is 15.3. The lowest BCUT2D eigenvalue weighted by Crippen LogP contribution is -2.33. The normalized spacial score (nSPS) is 17.9. The highest BCUT2D eigenvalue weighted by Crippen LogP contribution is 2.27. The Labute approximate surface area is 134 Å². The van der Waals surface area contributed by atoms with Crippen LogP contribution in [0.1, 0.15) is 39.0 Å². The number of nitrogens with zero attached hydrogens (tertiary/aromatic N) is 2. The standard InChI is InChI=1S/C18H29N4/c1-14(16-10-6-5-7-11-16)20-15(2)21-22(4)18-13-9-8-12-17(18)19-3/h8-9,12-14,16,19-20H,2,5-7,10-11H2,1,3-4H3/q+1/t14-/m1/s1. The fraction of sp³-hybridized carbons (Fsp3) is 0.556. The molecule has 0 bridgehead atoms. The molecule has 1 aromatic carbocycles. The quantitative estimate of drug-likeness (QED) is 0.600. The summed E-state index contributed by atoms with van der Waals surface area (Å²) >= 11 is 0. The summed E-state index contributed by atoms with van der Waals surface area (Å²) < 4.78 is 1.87. The van der Waals surface area contributed by atoms with Crippen LogP contribution in [-0.4, -0.2) is 24.8 Å². The molecule has 4 heteroatoms. The third-order valence-corrected chi connectivity index (χ3v) is 4.54. The van der Waals surface area contributed by atoms with E-state index in [0.717, 1.165) is 23.1 Å². The van der Waals surface area contributed by atoms with Gasteiger partial charge in [0.15, 0.2) is 12.9 Å². The Morgan fingerprint density at radius 1 is 1.27 bits per heavy atom. The molecule has 0 aromatic heterocycles. The van der Waals surface area contributed by atoms with E-state index < -0.39 is 0 Å². The molecule has 2 N–H and O–H groups in total. The molecule has 2 rings (SSSR count). The Balaban J connectivity index is 2.00. The number of para-hydroxylation sites is 2. The van der Waals surface area contributed by atoms with E-state index in [0.29, 0.717) is 6.04 Å². The second-order valence-corrected chi connectivity index (χ2v) is 6.17. The van der Waals surface area contributed by atoms with Gasteiger partial charge in [-0.2, -0.15) is 0 Å². The molecule has 1 atom stereocenters. The van der Waals surface area contributed by atoms with E-state index in [1.165, 1.54) is 32.1 Å². The van der Waals surface area contributed by atoms with Gasteiger partial charge in [-0.1, -0.05) is 42.7 Å². The van der Waals surface area contributed by atoms with Gasteiger partial charge in [-0.25, -0.2) is 0 Å². The van der Waals surface area contributed by atoms with Crippen molar-refractivity contribution in [2.45, 2.75) is 45.1 Å². The van der Waals surface area contributed by atoms with E-state index >= 15 is 0 Å². The van der Waals surface area contributed by atoms with Crippen molar-refractivity contribution in [1.29, 1.82) is 0 Å². The van der Waals surface area contributed by atoms with Crippen LogP contribution in [0.2, 0.25) is 0 Å². The van der Waals surface area contributed by atoms with E-state index in [1.807, 2.05) is 43.1 Å². The smallest absolute Gasteiger partial charge is 0.254 e. The molecule has 0 saturated heterocycles. The second kappa shape index (κ2) is 7.97. The number of hydrogen-bond donors (Lipinski definition) is 2. The van der Waals surface area contributed by atoms with Gasteiger partial charge >= 0.3 is 0 Å². The molecule has 1 saturated carbocycles. The molecule has 0 spiro atoms. The van der Waals surface area contributed by atoms with Crippen molar-refractivity contribution in [1.82, 2.24) is 5.32 Å². The van der Waals surface area contributed by atoms with Crippen molar-refractivity contribution in [2.24, 2.45) is 11.0 Å². The first-order chi connectivity index (χ1) is 10.6. The van der Waals surface area contributed by atoms with Crippen LogP contribution in [0.4, 0.5) is 11.4 Å². The Bertz CT molecular complexity index is 530. The molecule has 1 aromatic rings. The minimum atomic E-state index is 0.435. The third-order valence-electron chi connectivity index (χ3n) is 4.54. The largest absolute Gasteiger partial charge is 0.383 e. The van der Waals surface area contributed by atoms with Crippen LogP contribution >= 0.6 is 0 Å². The first-order valence-electron chi connectivity index (χ1n) is 8.29. The van der Waals surface area contributed by atoms with Gasteiger partial charge in [0.1, 0.15) is 5.69 Å². The zero-order valence-corrected chi connectivity index (χ0v) is 14.1. The van der Waals surface area contributed by atoms with Gasteiger partial charge in [-0.05, 0) is 31.7 Å². The topological polar surface area (TPSA) is 39.4 Å². The molecule has 0 radical (unpaired) electrons. The summed E-state index contributed by atoms with van der Waals surface area (Å²) in [5.74, 6) is 1.47. The maximum atomic E-state index is 4.58. The summed E-state index contributed by atoms with van der Waals surface area (Å²) in [6, 6.07) is 8.56. The van der Waals surface area contributed by atoms with Crippen LogP contribution in [0.25, 0.3) is 0 Å². The average Bonchev–Trinajstić information content (AvgIpc) is 2.55. The zero-order chi connectivity index (χ0) is 15.9.